The summed E-state index contributed by atoms with van der Waals surface area (Å²) >= 11 is 0. The van der Waals surface area contributed by atoms with Crippen LogP contribution in [-0.2, 0) is 16.2 Å². The molecule has 0 radical (unpaired) electrons. The van der Waals surface area contributed by atoms with Crippen molar-refractivity contribution in [2.45, 2.75) is 64.7 Å². The van der Waals surface area contributed by atoms with Crippen LogP contribution in [0.25, 0.3) is 99.2 Å². The van der Waals surface area contributed by atoms with E-state index >= 15 is 0 Å². The molecule has 20 rings (SSSR count). The van der Waals surface area contributed by atoms with Crippen molar-refractivity contribution < 1.29 is 8.83 Å². The van der Waals surface area contributed by atoms with Gasteiger partial charge in [0.2, 0.25) is 0 Å². The minimum absolute atomic E-state index is 0.0535. The van der Waals surface area contributed by atoms with Crippen molar-refractivity contribution in [1.82, 2.24) is 0 Å². The lowest BCUT2D eigenvalue weighted by Gasteiger charge is -2.34. The molecule has 4 nitrogen and oxygen atoms in total. The van der Waals surface area contributed by atoms with E-state index in [0.29, 0.717) is 0 Å². The van der Waals surface area contributed by atoms with E-state index in [1.807, 2.05) is 0 Å². The highest BCUT2D eigenvalue weighted by molar-refractivity contribution is 7.20. The van der Waals surface area contributed by atoms with Crippen LogP contribution in [0.4, 0.5) is 34.1 Å². The lowest BCUT2D eigenvalue weighted by atomic mass is 9.70. The zero-order chi connectivity index (χ0) is 73.5. The Morgan fingerprint density at radius 3 is 1.24 bits per heavy atom. The first-order valence-electron chi connectivity index (χ1n) is 38.2. The topological polar surface area (TPSA) is 32.8 Å². The van der Waals surface area contributed by atoms with Gasteiger partial charge in [0.1, 0.15) is 11.2 Å². The molecule has 0 saturated heterocycles. The highest BCUT2D eigenvalue weighted by Crippen LogP contribution is 2.66. The van der Waals surface area contributed by atoms with E-state index in [4.69, 9.17) is 8.83 Å². The molecule has 109 heavy (non-hydrogen) atoms. The van der Waals surface area contributed by atoms with E-state index in [9.17, 15) is 0 Å². The Morgan fingerprint density at radius 1 is 0.275 bits per heavy atom. The lowest BCUT2D eigenvalue weighted by Crippen LogP contribution is -2.74. The van der Waals surface area contributed by atoms with Crippen molar-refractivity contribution in [3.63, 3.8) is 0 Å². The molecule has 2 heterocycles. The molecule has 0 atom stereocenters. The van der Waals surface area contributed by atoms with E-state index in [1.54, 1.807) is 0 Å². The van der Waals surface area contributed by atoms with E-state index < -0.39 is 13.5 Å². The molecule has 0 saturated carbocycles. The molecule has 0 bridgehead atoms. The predicted molar refractivity (Wildman–Crippen MR) is 461 cm³/mol. The fourth-order valence-electron chi connectivity index (χ4n) is 18.4. The standard InChI is InChI=1S/C104H80N2O2Si/c1-67-27-23-28-68(61-67)70-47-59-97-88(63-70)85-41-25-45-94(100(85)107-97)105(74-53-49-72(50-54-74)102(2,3)4)76-57-58-87-92(65-76)104(90-43-21-19-37-81(90)82-38-20-22-44-91(82)104)93-66-96(83-39-17-18-40-84(83)99(87)93)106(75-55-51-73(52-56-75)103(5,6)7)95-46-26-42-86-89-64-71(48-60-98(89)108-101(86)95)69-29-24-36-80(62-69)109(77-30-11-8-12-31-77,78-32-13-9-14-33-78)79-34-15-10-16-35-79/h8-66H,1-7H3. The number of hydrogen-bond donors (Lipinski definition) is 0. The largest absolute Gasteiger partial charge is 0.454 e. The normalized spacial score (nSPS) is 13.0. The zero-order valence-electron chi connectivity index (χ0n) is 62.3. The van der Waals surface area contributed by atoms with Gasteiger partial charge >= 0.3 is 0 Å². The van der Waals surface area contributed by atoms with Gasteiger partial charge in [0.25, 0.3) is 0 Å². The third-order valence-corrected chi connectivity index (χ3v) is 28.3. The fourth-order valence-corrected chi connectivity index (χ4v) is 23.2. The van der Waals surface area contributed by atoms with Crippen molar-refractivity contribution in [3.05, 3.63) is 397 Å². The number of anilines is 6. The maximum atomic E-state index is 7.43. The second-order valence-corrected chi connectivity index (χ2v) is 35.7. The minimum atomic E-state index is -2.83. The van der Waals surface area contributed by atoms with Gasteiger partial charge in [0, 0.05) is 44.0 Å². The number of hydrogen-bond acceptors (Lipinski definition) is 4. The van der Waals surface area contributed by atoms with E-state index in [2.05, 4.69) is 416 Å². The summed E-state index contributed by atoms with van der Waals surface area (Å²) in [6, 6.07) is 134. The van der Waals surface area contributed by atoms with Crippen molar-refractivity contribution >= 4 is 118 Å². The zero-order valence-corrected chi connectivity index (χ0v) is 63.3. The van der Waals surface area contributed by atoms with Gasteiger partial charge in [-0.3, -0.25) is 0 Å². The SMILES string of the molecule is Cc1cccc(-c2ccc3oc4c(N(c5ccc(C(C)(C)C)cc5)c5ccc6c(c5)C5(c7ccccc7-c7ccccc75)c5cc(N(c7ccc(C(C)(C)C)cc7)c7cccc8c7oc7ccc(-c9cccc([Si](c%10ccccc%10)(c%10ccccc%10)c%10ccccc%10)c9)cc78)c7ccccc7c5-6)cccc4c3c2)c1. The highest BCUT2D eigenvalue weighted by Gasteiger charge is 2.53. The van der Waals surface area contributed by atoms with Crippen LogP contribution < -0.4 is 30.5 Å². The molecule has 2 aliphatic rings. The van der Waals surface area contributed by atoms with Crippen LogP contribution in [0.5, 0.6) is 0 Å². The Bertz CT molecular complexity index is 6490. The molecule has 16 aromatic carbocycles. The average molecular weight is 1420 g/mol. The number of fused-ring (bicyclic) bond motifs is 18. The maximum Gasteiger partial charge on any atom is 0.179 e. The van der Waals surface area contributed by atoms with Crippen molar-refractivity contribution in [2.24, 2.45) is 0 Å². The van der Waals surface area contributed by atoms with E-state index in [1.165, 1.54) is 92.9 Å². The molecule has 522 valence electrons. The average Bonchev–Trinajstić information content (AvgIpc) is 1.50. The van der Waals surface area contributed by atoms with Gasteiger partial charge < -0.3 is 18.6 Å². The number of benzene rings is 16. The minimum Gasteiger partial charge on any atom is -0.454 e. The van der Waals surface area contributed by atoms with Crippen LogP contribution >= 0.6 is 0 Å². The van der Waals surface area contributed by atoms with Crippen LogP contribution in [0.2, 0.25) is 0 Å². The molecule has 2 aromatic heterocycles. The molecule has 0 aliphatic heterocycles. The smallest absolute Gasteiger partial charge is 0.179 e. The van der Waals surface area contributed by atoms with Crippen molar-refractivity contribution in [3.8, 4) is 44.5 Å². The summed E-state index contributed by atoms with van der Waals surface area (Å²) in [6.45, 7) is 15.9. The first-order chi connectivity index (χ1) is 53.2. The number of para-hydroxylation sites is 2. The Labute approximate surface area is 638 Å². The molecular formula is C104H80N2O2Si. The number of nitrogens with zero attached hydrogens (tertiary/aromatic N) is 2. The monoisotopic (exact) mass is 1420 g/mol. The summed E-state index contributed by atoms with van der Waals surface area (Å²) in [5, 5.41) is 11.9. The summed E-state index contributed by atoms with van der Waals surface area (Å²) in [7, 11) is -2.83. The molecule has 2 aliphatic carbocycles. The number of aryl methyl sites for hydroxylation is 1. The molecule has 18 aromatic rings. The number of furan rings is 2. The second kappa shape index (κ2) is 25.2. The first-order valence-corrected chi connectivity index (χ1v) is 40.2. The quantitative estimate of drug-likeness (QED) is 0.0901. The van der Waals surface area contributed by atoms with Gasteiger partial charge in [-0.15, -0.1) is 0 Å². The Morgan fingerprint density at radius 2 is 0.706 bits per heavy atom. The Kier molecular flexibility index (Phi) is 15.2. The van der Waals surface area contributed by atoms with Crippen LogP contribution in [0.15, 0.2) is 367 Å². The van der Waals surface area contributed by atoms with Gasteiger partial charge in [-0.05, 0) is 201 Å². The molecule has 0 fully saturated rings. The van der Waals surface area contributed by atoms with Gasteiger partial charge in [-0.25, -0.2) is 0 Å². The fraction of sp³-hybridized carbons (Fsp3) is 0.0962. The summed E-state index contributed by atoms with van der Waals surface area (Å²) in [5.74, 6) is 0. The van der Waals surface area contributed by atoms with E-state index in [0.717, 1.165) is 100 Å². The second-order valence-electron chi connectivity index (χ2n) is 31.9. The first kappa shape index (κ1) is 65.7. The summed E-state index contributed by atoms with van der Waals surface area (Å²) in [4.78, 5) is 4.94. The number of rotatable bonds is 12. The summed E-state index contributed by atoms with van der Waals surface area (Å²) in [6.07, 6.45) is 0. The Hall–Kier alpha value is -12.8. The lowest BCUT2D eigenvalue weighted by molar-refractivity contribution is 0.590. The van der Waals surface area contributed by atoms with Gasteiger partial charge in [0.05, 0.1) is 22.5 Å². The Balaban J connectivity index is 0.796. The molecule has 1 spiro atoms. The third kappa shape index (κ3) is 10.3. The molecular weight excluding hydrogens is 1340 g/mol. The van der Waals surface area contributed by atoms with Crippen LogP contribution in [0, 0.1) is 6.92 Å². The molecule has 5 heteroatoms. The summed E-state index contributed by atoms with van der Waals surface area (Å²) in [5.41, 5.74) is 26.8. The molecule has 0 amide bonds. The van der Waals surface area contributed by atoms with E-state index in [-0.39, 0.29) is 10.8 Å². The van der Waals surface area contributed by atoms with Gasteiger partial charge in [0.15, 0.2) is 19.2 Å². The van der Waals surface area contributed by atoms with Crippen LogP contribution in [0.1, 0.15) is 80.5 Å². The highest BCUT2D eigenvalue weighted by atomic mass is 28.3. The third-order valence-electron chi connectivity index (χ3n) is 23.6. The van der Waals surface area contributed by atoms with Gasteiger partial charge in [-0.1, -0.05) is 326 Å². The molecule has 0 unspecified atom stereocenters. The predicted octanol–water partition coefficient (Wildman–Crippen LogP) is 25.5. The van der Waals surface area contributed by atoms with Crippen LogP contribution in [0.3, 0.4) is 0 Å². The van der Waals surface area contributed by atoms with Crippen LogP contribution in [-0.4, -0.2) is 8.07 Å². The van der Waals surface area contributed by atoms with Crippen molar-refractivity contribution in [2.75, 3.05) is 9.80 Å². The van der Waals surface area contributed by atoms with Gasteiger partial charge in [-0.2, -0.15) is 0 Å². The molecule has 0 N–H and O–H groups in total. The van der Waals surface area contributed by atoms with Crippen molar-refractivity contribution in [1.29, 1.82) is 0 Å². The maximum absolute atomic E-state index is 7.43. The summed E-state index contributed by atoms with van der Waals surface area (Å²) < 4.78 is 14.6.